The van der Waals surface area contributed by atoms with E-state index in [0.29, 0.717) is 24.4 Å². The summed E-state index contributed by atoms with van der Waals surface area (Å²) in [6, 6.07) is 21.0. The first-order valence-corrected chi connectivity index (χ1v) is 8.92. The molecule has 3 aromatic carbocycles. The summed E-state index contributed by atoms with van der Waals surface area (Å²) in [5, 5.41) is 7.77. The lowest BCUT2D eigenvalue weighted by atomic mass is 10.0. The van der Waals surface area contributed by atoms with Crippen LogP contribution in [0.15, 0.2) is 66.7 Å². The second-order valence-electron chi connectivity index (χ2n) is 6.13. The Bertz CT molecular complexity index is 930. The molecule has 0 saturated heterocycles. The number of carbonyl (C=O) groups is 2. The molecule has 0 unspecified atom stereocenters. The number of fused-ring (bicyclic) bond motifs is 1. The fourth-order valence-electron chi connectivity index (χ4n) is 2.86. The van der Waals surface area contributed by atoms with E-state index >= 15 is 0 Å². The number of anilines is 1. The van der Waals surface area contributed by atoms with Gasteiger partial charge in [-0.25, -0.2) is 0 Å². The zero-order valence-corrected chi connectivity index (χ0v) is 15.2. The average Bonchev–Trinajstić information content (AvgIpc) is 2.68. The van der Waals surface area contributed by atoms with Crippen LogP contribution in [0.25, 0.3) is 10.8 Å². The summed E-state index contributed by atoms with van der Waals surface area (Å²) in [6.45, 7) is 2.40. The number of hydrogen-bond acceptors (Lipinski definition) is 3. The minimum Gasteiger partial charge on any atom is -0.484 e. The highest BCUT2D eigenvalue weighted by Crippen LogP contribution is 2.20. The van der Waals surface area contributed by atoms with Gasteiger partial charge >= 0.3 is 0 Å². The van der Waals surface area contributed by atoms with Crippen LogP contribution in [0.2, 0.25) is 0 Å². The van der Waals surface area contributed by atoms with E-state index in [1.165, 1.54) is 0 Å². The summed E-state index contributed by atoms with van der Waals surface area (Å²) in [6.07, 6.45) is 0.302. The van der Waals surface area contributed by atoms with Crippen molar-refractivity contribution < 1.29 is 14.3 Å². The van der Waals surface area contributed by atoms with Gasteiger partial charge in [-0.05, 0) is 47.5 Å². The van der Waals surface area contributed by atoms with Crippen LogP contribution in [-0.4, -0.2) is 25.0 Å². The van der Waals surface area contributed by atoms with Crippen LogP contribution in [0.5, 0.6) is 5.75 Å². The molecule has 0 fully saturated rings. The minimum atomic E-state index is -0.162. The average molecular weight is 362 g/mol. The number of rotatable bonds is 7. The third-order valence-corrected chi connectivity index (χ3v) is 4.11. The van der Waals surface area contributed by atoms with Gasteiger partial charge in [-0.3, -0.25) is 9.59 Å². The molecule has 3 rings (SSSR count). The molecular weight excluding hydrogens is 340 g/mol. The first-order chi connectivity index (χ1) is 13.2. The number of hydrogen-bond donors (Lipinski definition) is 2. The molecule has 0 saturated carbocycles. The Hall–Kier alpha value is -3.34. The standard InChI is InChI=1S/C22H22N2O3/c1-2-23-22(26)15-27-19-12-10-18(11-13-19)24-21(25)14-17-8-5-7-16-6-3-4-9-20(16)17/h3-13H,2,14-15H2,1H3,(H,23,26)(H,24,25). The lowest BCUT2D eigenvalue weighted by Gasteiger charge is -2.09. The first kappa shape index (κ1) is 18.5. The molecule has 5 nitrogen and oxygen atoms in total. The number of amides is 2. The molecule has 2 N–H and O–H groups in total. The zero-order valence-electron chi connectivity index (χ0n) is 15.2. The molecule has 0 aromatic heterocycles. The van der Waals surface area contributed by atoms with Crippen molar-refractivity contribution in [3.63, 3.8) is 0 Å². The molecular formula is C22H22N2O3. The Kier molecular flexibility index (Phi) is 6.05. The van der Waals surface area contributed by atoms with Gasteiger partial charge in [0, 0.05) is 12.2 Å². The number of ether oxygens (including phenoxy) is 1. The number of nitrogens with one attached hydrogen (secondary N) is 2. The Morgan fingerprint density at radius 2 is 1.63 bits per heavy atom. The fourth-order valence-corrected chi connectivity index (χ4v) is 2.86. The Balaban J connectivity index is 1.58. The first-order valence-electron chi connectivity index (χ1n) is 8.92. The van der Waals surface area contributed by atoms with E-state index in [4.69, 9.17) is 4.74 Å². The summed E-state index contributed by atoms with van der Waals surface area (Å²) in [4.78, 5) is 23.8. The van der Waals surface area contributed by atoms with Crippen LogP contribution in [-0.2, 0) is 16.0 Å². The maximum Gasteiger partial charge on any atom is 0.257 e. The van der Waals surface area contributed by atoms with Crippen LogP contribution in [0, 0.1) is 0 Å². The third kappa shape index (κ3) is 5.07. The van der Waals surface area contributed by atoms with E-state index < -0.39 is 0 Å². The summed E-state index contributed by atoms with van der Waals surface area (Å²) in [5.74, 6) is 0.334. The maximum atomic E-state index is 12.4. The van der Waals surface area contributed by atoms with Crippen LogP contribution < -0.4 is 15.4 Å². The second-order valence-corrected chi connectivity index (χ2v) is 6.13. The van der Waals surface area contributed by atoms with E-state index in [0.717, 1.165) is 16.3 Å². The monoisotopic (exact) mass is 362 g/mol. The van der Waals surface area contributed by atoms with Gasteiger partial charge in [0.2, 0.25) is 5.91 Å². The van der Waals surface area contributed by atoms with Gasteiger partial charge in [-0.2, -0.15) is 0 Å². The molecule has 27 heavy (non-hydrogen) atoms. The van der Waals surface area contributed by atoms with Gasteiger partial charge < -0.3 is 15.4 Å². The zero-order chi connectivity index (χ0) is 19.1. The number of likely N-dealkylation sites (N-methyl/N-ethyl adjacent to an activating group) is 1. The van der Waals surface area contributed by atoms with Crippen molar-refractivity contribution in [2.24, 2.45) is 0 Å². The highest BCUT2D eigenvalue weighted by Gasteiger charge is 2.08. The molecule has 2 amide bonds. The molecule has 0 atom stereocenters. The molecule has 138 valence electrons. The van der Waals surface area contributed by atoms with Crippen molar-refractivity contribution in [2.45, 2.75) is 13.3 Å². The van der Waals surface area contributed by atoms with Crippen molar-refractivity contribution in [3.05, 3.63) is 72.3 Å². The number of carbonyl (C=O) groups excluding carboxylic acids is 2. The summed E-state index contributed by atoms with van der Waals surface area (Å²) in [5.41, 5.74) is 1.68. The normalized spacial score (nSPS) is 10.4. The molecule has 0 spiro atoms. The summed E-state index contributed by atoms with van der Waals surface area (Å²) < 4.78 is 5.40. The van der Waals surface area contributed by atoms with Gasteiger partial charge in [0.25, 0.3) is 5.91 Å². The molecule has 3 aromatic rings. The lowest BCUT2D eigenvalue weighted by molar-refractivity contribution is -0.123. The molecule has 0 radical (unpaired) electrons. The third-order valence-electron chi connectivity index (χ3n) is 4.11. The highest BCUT2D eigenvalue weighted by atomic mass is 16.5. The lowest BCUT2D eigenvalue weighted by Crippen LogP contribution is -2.28. The van der Waals surface area contributed by atoms with Crippen molar-refractivity contribution in [1.29, 1.82) is 0 Å². The largest absolute Gasteiger partial charge is 0.484 e. The van der Waals surface area contributed by atoms with E-state index in [1.54, 1.807) is 24.3 Å². The molecule has 0 bridgehead atoms. The van der Waals surface area contributed by atoms with E-state index in [-0.39, 0.29) is 18.4 Å². The van der Waals surface area contributed by atoms with E-state index in [1.807, 2.05) is 49.4 Å². The van der Waals surface area contributed by atoms with Crippen molar-refractivity contribution in [2.75, 3.05) is 18.5 Å². The van der Waals surface area contributed by atoms with Crippen LogP contribution in [0.1, 0.15) is 12.5 Å². The van der Waals surface area contributed by atoms with Gasteiger partial charge in [0.1, 0.15) is 5.75 Å². The Labute approximate surface area is 158 Å². The van der Waals surface area contributed by atoms with Gasteiger partial charge in [-0.15, -0.1) is 0 Å². The van der Waals surface area contributed by atoms with Gasteiger partial charge in [0.05, 0.1) is 6.42 Å². The van der Waals surface area contributed by atoms with Crippen LogP contribution in [0.4, 0.5) is 5.69 Å². The van der Waals surface area contributed by atoms with Crippen molar-refractivity contribution >= 4 is 28.3 Å². The highest BCUT2D eigenvalue weighted by molar-refractivity contribution is 5.96. The van der Waals surface area contributed by atoms with E-state index in [2.05, 4.69) is 10.6 Å². The van der Waals surface area contributed by atoms with Crippen LogP contribution in [0.3, 0.4) is 0 Å². The SMILES string of the molecule is CCNC(=O)COc1ccc(NC(=O)Cc2cccc3ccccc23)cc1. The molecule has 0 heterocycles. The van der Waals surface area contributed by atoms with Gasteiger partial charge in [-0.1, -0.05) is 42.5 Å². The van der Waals surface area contributed by atoms with Crippen molar-refractivity contribution in [1.82, 2.24) is 5.32 Å². The summed E-state index contributed by atoms with van der Waals surface area (Å²) in [7, 11) is 0. The smallest absolute Gasteiger partial charge is 0.257 e. The molecule has 0 aliphatic heterocycles. The quantitative estimate of drug-likeness (QED) is 0.676. The number of benzene rings is 3. The predicted octanol–water partition coefficient (Wildman–Crippen LogP) is 3.54. The molecule has 0 aliphatic carbocycles. The Morgan fingerprint density at radius 3 is 2.41 bits per heavy atom. The minimum absolute atomic E-state index is 0.0272. The molecule has 5 heteroatoms. The van der Waals surface area contributed by atoms with Crippen molar-refractivity contribution in [3.8, 4) is 5.75 Å². The fraction of sp³-hybridized carbons (Fsp3) is 0.182. The Morgan fingerprint density at radius 1 is 0.889 bits per heavy atom. The van der Waals surface area contributed by atoms with Crippen LogP contribution >= 0.6 is 0 Å². The van der Waals surface area contributed by atoms with Gasteiger partial charge in [0.15, 0.2) is 6.61 Å². The second kappa shape index (κ2) is 8.85. The maximum absolute atomic E-state index is 12.4. The topological polar surface area (TPSA) is 67.4 Å². The molecule has 0 aliphatic rings. The predicted molar refractivity (Wildman–Crippen MR) is 107 cm³/mol. The van der Waals surface area contributed by atoms with E-state index in [9.17, 15) is 9.59 Å². The summed E-state index contributed by atoms with van der Waals surface area (Å²) >= 11 is 0.